The number of aliphatic hydroxyl groups is 1. The number of aliphatic hydroxyl groups excluding tert-OH is 1. The van der Waals surface area contributed by atoms with Crippen molar-refractivity contribution in [1.82, 2.24) is 9.80 Å². The van der Waals surface area contributed by atoms with Crippen LogP contribution in [0.25, 0.3) is 0 Å². The monoisotopic (exact) mass is 290 g/mol. The van der Waals surface area contributed by atoms with Crippen molar-refractivity contribution in [3.8, 4) is 0 Å². The largest absolute Gasteiger partial charge is 0.378 e. The van der Waals surface area contributed by atoms with Crippen LogP contribution in [-0.4, -0.2) is 53.0 Å². The molecule has 2 atom stereocenters. The highest BCUT2D eigenvalue weighted by molar-refractivity contribution is 5.82. The van der Waals surface area contributed by atoms with Gasteiger partial charge >= 0.3 is 0 Å². The van der Waals surface area contributed by atoms with Crippen LogP contribution >= 0.6 is 0 Å². The van der Waals surface area contributed by atoms with Crippen LogP contribution in [0.15, 0.2) is 30.3 Å². The lowest BCUT2D eigenvalue weighted by atomic mass is 10.1. The minimum atomic E-state index is -1.04. The van der Waals surface area contributed by atoms with E-state index in [9.17, 15) is 9.90 Å². The summed E-state index contributed by atoms with van der Waals surface area (Å²) >= 11 is 0. The highest BCUT2D eigenvalue weighted by atomic mass is 16.3. The lowest BCUT2D eigenvalue weighted by Gasteiger charge is -2.38. The summed E-state index contributed by atoms with van der Waals surface area (Å²) in [7, 11) is 0. The number of hydrogen-bond acceptors (Lipinski definition) is 3. The predicted octanol–water partition coefficient (Wildman–Crippen LogP) is 2.05. The molecule has 1 aliphatic rings. The van der Waals surface area contributed by atoms with E-state index in [0.29, 0.717) is 24.7 Å². The summed E-state index contributed by atoms with van der Waals surface area (Å²) in [5.74, 6) is -0.177. The molecule has 1 fully saturated rings. The van der Waals surface area contributed by atoms with Crippen molar-refractivity contribution in [3.63, 3.8) is 0 Å². The van der Waals surface area contributed by atoms with Crippen LogP contribution in [0, 0.1) is 0 Å². The van der Waals surface area contributed by atoms with Gasteiger partial charge in [0.2, 0.25) is 0 Å². The summed E-state index contributed by atoms with van der Waals surface area (Å²) in [5, 5.41) is 10.2. The molecule has 0 spiro atoms. The van der Waals surface area contributed by atoms with Gasteiger partial charge in [0.05, 0.1) is 0 Å². The second-order valence-corrected chi connectivity index (χ2v) is 5.81. The molecule has 1 N–H and O–H groups in total. The Morgan fingerprint density at radius 1 is 1.19 bits per heavy atom. The lowest BCUT2D eigenvalue weighted by molar-refractivity contribution is -0.142. The number of amides is 1. The van der Waals surface area contributed by atoms with Crippen LogP contribution in [0.2, 0.25) is 0 Å². The fraction of sp³-hybridized carbons (Fsp3) is 0.588. The highest BCUT2D eigenvalue weighted by Crippen LogP contribution is 2.17. The van der Waals surface area contributed by atoms with Crippen LogP contribution in [-0.2, 0) is 4.79 Å². The fourth-order valence-electron chi connectivity index (χ4n) is 2.93. The van der Waals surface area contributed by atoms with Crippen LogP contribution in [0.4, 0.5) is 0 Å². The van der Waals surface area contributed by atoms with Crippen LogP contribution in [0.3, 0.4) is 0 Å². The number of hydrogen-bond donors (Lipinski definition) is 1. The maximum absolute atomic E-state index is 12.4. The van der Waals surface area contributed by atoms with E-state index in [4.69, 9.17) is 0 Å². The van der Waals surface area contributed by atoms with Gasteiger partial charge in [-0.15, -0.1) is 0 Å². The normalized spacial score (nSPS) is 19.3. The third-order valence-corrected chi connectivity index (χ3v) is 4.30. The number of rotatable bonds is 5. The summed E-state index contributed by atoms with van der Waals surface area (Å²) in [6.07, 6.45) is 1.35. The van der Waals surface area contributed by atoms with E-state index >= 15 is 0 Å². The Morgan fingerprint density at radius 2 is 1.81 bits per heavy atom. The predicted molar refractivity (Wildman–Crippen MR) is 83.9 cm³/mol. The maximum atomic E-state index is 12.4. The Bertz CT molecular complexity index is 441. The molecule has 1 heterocycles. The van der Waals surface area contributed by atoms with Crippen LogP contribution in [0.5, 0.6) is 0 Å². The molecule has 1 aromatic rings. The second kappa shape index (κ2) is 7.57. The molecule has 116 valence electrons. The molecule has 2 unspecified atom stereocenters. The van der Waals surface area contributed by atoms with Gasteiger partial charge in [-0.05, 0) is 18.9 Å². The van der Waals surface area contributed by atoms with Crippen molar-refractivity contribution in [2.75, 3.05) is 26.2 Å². The Kier molecular flexibility index (Phi) is 5.76. The molecule has 4 nitrogen and oxygen atoms in total. The molecule has 0 aromatic heterocycles. The molecule has 0 aliphatic carbocycles. The van der Waals surface area contributed by atoms with Gasteiger partial charge in [-0.3, -0.25) is 9.69 Å². The Hall–Kier alpha value is -1.39. The van der Waals surface area contributed by atoms with Gasteiger partial charge in [0.15, 0.2) is 6.10 Å². The van der Waals surface area contributed by atoms with E-state index < -0.39 is 6.10 Å². The molecule has 1 amide bonds. The number of benzene rings is 1. The zero-order valence-electron chi connectivity index (χ0n) is 13.0. The van der Waals surface area contributed by atoms with Gasteiger partial charge in [0.25, 0.3) is 5.91 Å². The first-order valence-corrected chi connectivity index (χ1v) is 7.89. The van der Waals surface area contributed by atoms with Crippen molar-refractivity contribution in [2.45, 2.75) is 38.8 Å². The van der Waals surface area contributed by atoms with E-state index in [1.807, 2.05) is 18.2 Å². The summed E-state index contributed by atoms with van der Waals surface area (Å²) < 4.78 is 0. The first kappa shape index (κ1) is 16.0. The molecular formula is C17H26N2O2. The summed E-state index contributed by atoms with van der Waals surface area (Å²) in [4.78, 5) is 16.6. The maximum Gasteiger partial charge on any atom is 0.256 e. The number of piperazine rings is 1. The number of carbonyl (C=O) groups is 1. The fourth-order valence-corrected chi connectivity index (χ4v) is 2.93. The number of carbonyl (C=O) groups excluding carboxylic acids is 1. The summed E-state index contributed by atoms with van der Waals surface area (Å²) in [6, 6.07) is 9.73. The summed E-state index contributed by atoms with van der Waals surface area (Å²) in [6.45, 7) is 7.66. The number of nitrogens with zero attached hydrogens (tertiary/aromatic N) is 2. The topological polar surface area (TPSA) is 43.8 Å². The highest BCUT2D eigenvalue weighted by Gasteiger charge is 2.28. The van der Waals surface area contributed by atoms with Crippen molar-refractivity contribution in [2.24, 2.45) is 0 Å². The quantitative estimate of drug-likeness (QED) is 0.902. The average Bonchev–Trinajstić information content (AvgIpc) is 2.54. The van der Waals surface area contributed by atoms with E-state index in [-0.39, 0.29) is 5.91 Å². The van der Waals surface area contributed by atoms with Gasteiger partial charge < -0.3 is 10.0 Å². The molecule has 21 heavy (non-hydrogen) atoms. The second-order valence-electron chi connectivity index (χ2n) is 5.81. The zero-order valence-corrected chi connectivity index (χ0v) is 13.0. The molecule has 1 aliphatic heterocycles. The van der Waals surface area contributed by atoms with Gasteiger partial charge in [-0.1, -0.05) is 43.7 Å². The van der Waals surface area contributed by atoms with Crippen molar-refractivity contribution in [1.29, 1.82) is 0 Å². The first-order valence-electron chi connectivity index (χ1n) is 7.89. The van der Waals surface area contributed by atoms with Crippen LogP contribution in [0.1, 0.15) is 38.4 Å². The molecule has 2 rings (SSSR count). The van der Waals surface area contributed by atoms with E-state index in [1.165, 1.54) is 12.8 Å². The van der Waals surface area contributed by atoms with Crippen molar-refractivity contribution < 1.29 is 9.90 Å². The smallest absolute Gasteiger partial charge is 0.256 e. The minimum absolute atomic E-state index is 0.177. The average molecular weight is 290 g/mol. The minimum Gasteiger partial charge on any atom is -0.378 e. The third kappa shape index (κ3) is 4.05. The van der Waals surface area contributed by atoms with Crippen LogP contribution < -0.4 is 0 Å². The van der Waals surface area contributed by atoms with Gasteiger partial charge in [0, 0.05) is 32.2 Å². The standard InChI is InChI=1S/C17H26N2O2/c1-3-7-14(2)18-10-12-19(13-11-18)17(21)16(20)15-8-5-4-6-9-15/h4-6,8-9,14,16,20H,3,7,10-13H2,1-2H3. The molecule has 4 heteroatoms. The molecule has 0 saturated carbocycles. The Balaban J connectivity index is 1.88. The van der Waals surface area contributed by atoms with Crippen molar-refractivity contribution >= 4 is 5.91 Å². The summed E-state index contributed by atoms with van der Waals surface area (Å²) in [5.41, 5.74) is 0.671. The molecular weight excluding hydrogens is 264 g/mol. The van der Waals surface area contributed by atoms with E-state index in [2.05, 4.69) is 18.7 Å². The van der Waals surface area contributed by atoms with E-state index in [1.54, 1.807) is 17.0 Å². The third-order valence-electron chi connectivity index (χ3n) is 4.30. The van der Waals surface area contributed by atoms with Gasteiger partial charge in [0.1, 0.15) is 0 Å². The molecule has 0 radical (unpaired) electrons. The lowest BCUT2D eigenvalue weighted by Crippen LogP contribution is -2.52. The first-order chi connectivity index (χ1) is 10.1. The zero-order chi connectivity index (χ0) is 15.2. The van der Waals surface area contributed by atoms with Crippen molar-refractivity contribution in [3.05, 3.63) is 35.9 Å². The van der Waals surface area contributed by atoms with E-state index in [0.717, 1.165) is 13.1 Å². The SMILES string of the molecule is CCCC(C)N1CCN(C(=O)C(O)c2ccccc2)CC1. The molecule has 0 bridgehead atoms. The van der Waals surface area contributed by atoms with Gasteiger partial charge in [-0.25, -0.2) is 0 Å². The Labute approximate surface area is 127 Å². The molecule has 1 saturated heterocycles. The Morgan fingerprint density at radius 3 is 2.38 bits per heavy atom. The molecule has 1 aromatic carbocycles. The van der Waals surface area contributed by atoms with Gasteiger partial charge in [-0.2, -0.15) is 0 Å².